The Morgan fingerprint density at radius 2 is 1.86 bits per heavy atom. The Balaban J connectivity index is 1.66. The highest BCUT2D eigenvalue weighted by Gasteiger charge is 2.27. The Hall–Kier alpha value is -3.28. The summed E-state index contributed by atoms with van der Waals surface area (Å²) in [7, 11) is 1.85. The molecule has 29 heavy (non-hydrogen) atoms. The number of hydrogen-bond acceptors (Lipinski definition) is 4. The minimum absolute atomic E-state index is 0.0976. The van der Waals surface area contributed by atoms with Crippen molar-refractivity contribution in [1.29, 1.82) is 0 Å². The van der Waals surface area contributed by atoms with Gasteiger partial charge in [-0.25, -0.2) is 0 Å². The smallest absolute Gasteiger partial charge is 0.260 e. The molecule has 3 rings (SSSR count). The first-order chi connectivity index (χ1) is 13.6. The maximum atomic E-state index is 12.3. The molecule has 0 spiro atoms. The Bertz CT molecular complexity index is 943. The maximum Gasteiger partial charge on any atom is 0.260 e. The molecule has 3 N–H and O–H groups in total. The number of carbonyl (C=O) groups is 2. The fourth-order valence-electron chi connectivity index (χ4n) is 3.13. The van der Waals surface area contributed by atoms with E-state index in [-0.39, 0.29) is 11.3 Å². The monoisotopic (exact) mass is 393 g/mol. The number of carbonyl (C=O) groups excluding carboxylic acids is 2. The van der Waals surface area contributed by atoms with Crippen molar-refractivity contribution in [2.24, 2.45) is 5.73 Å². The Morgan fingerprint density at radius 1 is 1.17 bits per heavy atom. The number of anilines is 2. The van der Waals surface area contributed by atoms with Crippen LogP contribution in [0.5, 0.6) is 5.75 Å². The fraction of sp³-hybridized carbons (Fsp3) is 0.304. The van der Waals surface area contributed by atoms with Crippen molar-refractivity contribution in [3.05, 3.63) is 59.7 Å². The van der Waals surface area contributed by atoms with Gasteiger partial charge in [-0.05, 0) is 40.8 Å². The molecule has 2 aromatic carbocycles. The van der Waals surface area contributed by atoms with Gasteiger partial charge in [0.15, 0.2) is 6.10 Å². The molecule has 6 heteroatoms. The quantitative estimate of drug-likeness (QED) is 0.781. The largest absolute Gasteiger partial charge is 0.477 e. The number of hydrogen-bond donors (Lipinski definition) is 2. The number of nitrogens with zero attached hydrogens (tertiary/aromatic N) is 1. The first-order valence-electron chi connectivity index (χ1n) is 9.54. The van der Waals surface area contributed by atoms with Gasteiger partial charge in [0, 0.05) is 18.8 Å². The van der Waals surface area contributed by atoms with Crippen LogP contribution < -0.4 is 20.7 Å². The van der Waals surface area contributed by atoms with E-state index in [1.54, 1.807) is 18.2 Å². The summed E-state index contributed by atoms with van der Waals surface area (Å²) in [5.74, 6) is -0.158. The average molecular weight is 393 g/mol. The maximum absolute atomic E-state index is 12.3. The second-order valence-corrected chi connectivity index (χ2v) is 8.27. The molecular weight excluding hydrogens is 366 g/mol. The van der Waals surface area contributed by atoms with Gasteiger partial charge in [0.25, 0.3) is 5.91 Å². The third-order valence-corrected chi connectivity index (χ3v) is 4.87. The second kappa shape index (κ2) is 7.99. The van der Waals surface area contributed by atoms with E-state index in [1.807, 2.05) is 30.1 Å². The van der Waals surface area contributed by atoms with Crippen LogP contribution in [0.25, 0.3) is 6.08 Å². The molecule has 1 aliphatic heterocycles. The third kappa shape index (κ3) is 4.96. The van der Waals surface area contributed by atoms with E-state index in [9.17, 15) is 9.59 Å². The topological polar surface area (TPSA) is 84.7 Å². The van der Waals surface area contributed by atoms with Crippen molar-refractivity contribution >= 4 is 29.3 Å². The van der Waals surface area contributed by atoms with Gasteiger partial charge in [0.05, 0.1) is 12.2 Å². The first kappa shape index (κ1) is 20.5. The summed E-state index contributed by atoms with van der Waals surface area (Å²) in [6, 6.07) is 13.4. The van der Waals surface area contributed by atoms with Crippen LogP contribution in [-0.4, -0.2) is 31.5 Å². The molecule has 2 aromatic rings. The number of amides is 2. The first-order valence-corrected chi connectivity index (χ1v) is 9.54. The van der Waals surface area contributed by atoms with Crippen LogP contribution in [0.4, 0.5) is 11.4 Å². The van der Waals surface area contributed by atoms with Gasteiger partial charge in [-0.3, -0.25) is 9.59 Å². The molecule has 1 aliphatic rings. The number of fused-ring (bicyclic) bond motifs is 1. The molecule has 6 nitrogen and oxygen atoms in total. The number of primary amides is 1. The molecule has 152 valence electrons. The van der Waals surface area contributed by atoms with E-state index in [0.29, 0.717) is 18.0 Å². The number of rotatable bonds is 4. The van der Waals surface area contributed by atoms with Gasteiger partial charge < -0.3 is 20.7 Å². The van der Waals surface area contributed by atoms with E-state index >= 15 is 0 Å². The third-order valence-electron chi connectivity index (χ3n) is 4.87. The van der Waals surface area contributed by atoms with Crippen molar-refractivity contribution in [2.75, 3.05) is 23.8 Å². The number of ether oxygens (including phenoxy) is 1. The molecule has 0 fully saturated rings. The van der Waals surface area contributed by atoms with Gasteiger partial charge in [0.1, 0.15) is 5.75 Å². The van der Waals surface area contributed by atoms with E-state index in [2.05, 4.69) is 38.2 Å². The van der Waals surface area contributed by atoms with Crippen LogP contribution in [0, 0.1) is 0 Å². The summed E-state index contributed by atoms with van der Waals surface area (Å²) in [5, 5.41) is 2.85. The standard InChI is InChI=1S/C23H27N3O3/c1-23(2,3)16-8-5-15(6-9-16)7-12-21(27)25-17-10-11-19-18(13-17)26(4)14-20(29-19)22(24)28/h5-13,20H,14H2,1-4H3,(H2,24,28)(H,25,27). The second-order valence-electron chi connectivity index (χ2n) is 8.27. The van der Waals surface area contributed by atoms with Crippen LogP contribution in [0.3, 0.4) is 0 Å². The van der Waals surface area contributed by atoms with Gasteiger partial charge in [-0.1, -0.05) is 45.0 Å². The van der Waals surface area contributed by atoms with Crippen LogP contribution in [0.2, 0.25) is 0 Å². The molecule has 0 saturated heterocycles. The summed E-state index contributed by atoms with van der Waals surface area (Å²) in [5.41, 5.74) is 9.09. The minimum atomic E-state index is -0.680. The number of benzene rings is 2. The van der Waals surface area contributed by atoms with E-state index in [1.165, 1.54) is 11.6 Å². The molecule has 0 aromatic heterocycles. The highest BCUT2D eigenvalue weighted by molar-refractivity contribution is 6.02. The van der Waals surface area contributed by atoms with Gasteiger partial charge >= 0.3 is 0 Å². The molecule has 1 heterocycles. The zero-order valence-corrected chi connectivity index (χ0v) is 17.2. The Kier molecular flexibility index (Phi) is 5.64. The highest BCUT2D eigenvalue weighted by atomic mass is 16.5. The van der Waals surface area contributed by atoms with Crippen molar-refractivity contribution < 1.29 is 14.3 Å². The molecule has 0 aliphatic carbocycles. The SMILES string of the molecule is CN1CC(C(N)=O)Oc2ccc(NC(=O)C=Cc3ccc(C(C)(C)C)cc3)cc21. The zero-order valence-electron chi connectivity index (χ0n) is 17.2. The summed E-state index contributed by atoms with van der Waals surface area (Å²) >= 11 is 0. The lowest BCUT2D eigenvalue weighted by atomic mass is 9.87. The summed E-state index contributed by atoms with van der Waals surface area (Å²) < 4.78 is 5.62. The Labute approximate surface area is 171 Å². The van der Waals surface area contributed by atoms with Gasteiger partial charge in [0.2, 0.25) is 5.91 Å². The van der Waals surface area contributed by atoms with E-state index < -0.39 is 12.0 Å². The molecule has 1 unspecified atom stereocenters. The summed E-state index contributed by atoms with van der Waals surface area (Å²) in [6.07, 6.45) is 2.61. The van der Waals surface area contributed by atoms with Gasteiger partial charge in [-0.2, -0.15) is 0 Å². The molecule has 0 radical (unpaired) electrons. The average Bonchev–Trinajstić information content (AvgIpc) is 2.66. The number of nitrogens with one attached hydrogen (secondary N) is 1. The van der Waals surface area contributed by atoms with E-state index in [0.717, 1.165) is 11.3 Å². The molecule has 2 amide bonds. The predicted molar refractivity (Wildman–Crippen MR) is 116 cm³/mol. The molecule has 1 atom stereocenters. The van der Waals surface area contributed by atoms with Crippen molar-refractivity contribution in [3.8, 4) is 5.75 Å². The lowest BCUT2D eigenvalue weighted by molar-refractivity contribution is -0.124. The fourth-order valence-corrected chi connectivity index (χ4v) is 3.13. The van der Waals surface area contributed by atoms with Crippen molar-refractivity contribution in [2.45, 2.75) is 32.3 Å². The van der Waals surface area contributed by atoms with Crippen LogP contribution in [0.1, 0.15) is 31.9 Å². The summed E-state index contributed by atoms with van der Waals surface area (Å²) in [4.78, 5) is 25.6. The predicted octanol–water partition coefficient (Wildman–Crippen LogP) is 3.32. The van der Waals surface area contributed by atoms with E-state index in [4.69, 9.17) is 10.5 Å². The van der Waals surface area contributed by atoms with Crippen LogP contribution in [-0.2, 0) is 15.0 Å². The lowest BCUT2D eigenvalue weighted by Gasteiger charge is -2.32. The molecule has 0 saturated carbocycles. The van der Waals surface area contributed by atoms with Crippen LogP contribution >= 0.6 is 0 Å². The van der Waals surface area contributed by atoms with Crippen LogP contribution in [0.15, 0.2) is 48.5 Å². The highest BCUT2D eigenvalue weighted by Crippen LogP contribution is 2.34. The Morgan fingerprint density at radius 3 is 2.48 bits per heavy atom. The number of likely N-dealkylation sites (N-methyl/N-ethyl adjacent to an activating group) is 1. The van der Waals surface area contributed by atoms with Gasteiger partial charge in [-0.15, -0.1) is 0 Å². The minimum Gasteiger partial charge on any atom is -0.477 e. The van der Waals surface area contributed by atoms with Crippen molar-refractivity contribution in [1.82, 2.24) is 0 Å². The number of nitrogens with two attached hydrogens (primary N) is 1. The molecule has 0 bridgehead atoms. The lowest BCUT2D eigenvalue weighted by Crippen LogP contribution is -2.45. The normalized spacial score (nSPS) is 16.3. The van der Waals surface area contributed by atoms with Crippen molar-refractivity contribution in [3.63, 3.8) is 0 Å². The zero-order chi connectivity index (χ0) is 21.2. The molecular formula is C23H27N3O3. The summed E-state index contributed by atoms with van der Waals surface area (Å²) in [6.45, 7) is 6.87.